The van der Waals surface area contributed by atoms with E-state index in [0.717, 1.165) is 11.3 Å². The predicted molar refractivity (Wildman–Crippen MR) is 69.2 cm³/mol. The molecule has 0 aliphatic rings. The van der Waals surface area contributed by atoms with Gasteiger partial charge in [0.2, 0.25) is 5.91 Å². The Bertz CT molecular complexity index is 430. The van der Waals surface area contributed by atoms with Gasteiger partial charge >= 0.3 is 6.18 Å². The fourth-order valence-corrected chi connectivity index (χ4v) is 1.47. The van der Waals surface area contributed by atoms with Gasteiger partial charge in [-0.25, -0.2) is 5.48 Å². The molecule has 0 aliphatic carbocycles. The fraction of sp³-hybridized carbons (Fsp3) is 0.462. The van der Waals surface area contributed by atoms with Gasteiger partial charge < -0.3 is 4.90 Å². The first-order chi connectivity index (χ1) is 9.28. The Morgan fingerprint density at radius 1 is 1.25 bits per heavy atom. The molecule has 0 heterocycles. The Balaban J connectivity index is 2.30. The number of hydrogen-bond donors (Lipinski definition) is 1. The van der Waals surface area contributed by atoms with Crippen molar-refractivity contribution in [2.75, 3.05) is 25.6 Å². The first kappa shape index (κ1) is 16.3. The highest BCUT2D eigenvalue weighted by Crippen LogP contribution is 2.14. The number of anilines is 1. The van der Waals surface area contributed by atoms with Crippen LogP contribution < -0.4 is 10.4 Å². The maximum Gasteiger partial charge on any atom is 0.414 e. The normalized spacial score (nSPS) is 11.2. The number of nitrogens with zero attached hydrogens (tertiary/aromatic N) is 1. The molecular weight excluding hydrogens is 273 g/mol. The first-order valence-electron chi connectivity index (χ1n) is 6.01. The van der Waals surface area contributed by atoms with Gasteiger partial charge in [0.25, 0.3) is 0 Å². The molecule has 0 aromatic heterocycles. The summed E-state index contributed by atoms with van der Waals surface area (Å²) in [6, 6.07) is 7.57. The molecule has 1 rings (SSSR count). The summed E-state index contributed by atoms with van der Waals surface area (Å²) in [5.41, 5.74) is 3.74. The van der Waals surface area contributed by atoms with Crippen molar-refractivity contribution in [1.82, 2.24) is 5.48 Å². The second-order valence-corrected chi connectivity index (χ2v) is 4.49. The monoisotopic (exact) mass is 290 g/mol. The molecular formula is C13H17F3N2O2. The molecule has 0 unspecified atom stereocenters. The van der Waals surface area contributed by atoms with Gasteiger partial charge in [-0.2, -0.15) is 13.2 Å². The van der Waals surface area contributed by atoms with E-state index in [4.69, 9.17) is 0 Å². The Morgan fingerprint density at radius 2 is 1.85 bits per heavy atom. The largest absolute Gasteiger partial charge is 0.414 e. The third-order valence-electron chi connectivity index (χ3n) is 2.52. The third-order valence-corrected chi connectivity index (χ3v) is 2.52. The molecule has 0 fully saturated rings. The summed E-state index contributed by atoms with van der Waals surface area (Å²) >= 11 is 0. The summed E-state index contributed by atoms with van der Waals surface area (Å²) in [4.78, 5) is 17.3. The standard InChI is InChI=1S/C13H17F3N2O2/c1-18(2)11-6-3-10(4-7-11)5-8-12(19)17-20-9-13(14,15)16/h3-4,6-7H,5,8-9H2,1-2H3,(H,17,19). The van der Waals surface area contributed by atoms with Crippen LogP contribution in [-0.2, 0) is 16.1 Å². The summed E-state index contributed by atoms with van der Waals surface area (Å²) < 4.78 is 35.3. The summed E-state index contributed by atoms with van der Waals surface area (Å²) in [6.07, 6.45) is -3.94. The van der Waals surface area contributed by atoms with Gasteiger partial charge in [0, 0.05) is 26.2 Å². The number of alkyl halides is 3. The topological polar surface area (TPSA) is 41.6 Å². The van der Waals surface area contributed by atoms with Crippen molar-refractivity contribution in [3.63, 3.8) is 0 Å². The van der Waals surface area contributed by atoms with Crippen molar-refractivity contribution in [2.45, 2.75) is 19.0 Å². The molecule has 0 saturated carbocycles. The third kappa shape index (κ3) is 6.42. The number of aryl methyl sites for hydroxylation is 1. The van der Waals surface area contributed by atoms with Crippen molar-refractivity contribution in [3.8, 4) is 0 Å². The molecule has 0 radical (unpaired) electrons. The van der Waals surface area contributed by atoms with Gasteiger partial charge in [0.1, 0.15) is 0 Å². The first-order valence-corrected chi connectivity index (χ1v) is 6.01. The average Bonchev–Trinajstić information content (AvgIpc) is 2.35. The van der Waals surface area contributed by atoms with E-state index >= 15 is 0 Å². The average molecular weight is 290 g/mol. The highest BCUT2D eigenvalue weighted by atomic mass is 19.4. The Morgan fingerprint density at radius 3 is 2.35 bits per heavy atom. The van der Waals surface area contributed by atoms with Gasteiger partial charge in [-0.05, 0) is 24.1 Å². The van der Waals surface area contributed by atoms with Crippen molar-refractivity contribution in [1.29, 1.82) is 0 Å². The molecule has 112 valence electrons. The number of hydroxylamine groups is 1. The van der Waals surface area contributed by atoms with Crippen LogP contribution in [0, 0.1) is 0 Å². The van der Waals surface area contributed by atoms with E-state index in [1.165, 1.54) is 0 Å². The van der Waals surface area contributed by atoms with Crippen LogP contribution in [0.5, 0.6) is 0 Å². The highest BCUT2D eigenvalue weighted by Gasteiger charge is 2.28. The number of carbonyl (C=O) groups is 1. The molecule has 0 bridgehead atoms. The smallest absolute Gasteiger partial charge is 0.378 e. The van der Waals surface area contributed by atoms with Crippen LogP contribution in [-0.4, -0.2) is 32.8 Å². The van der Waals surface area contributed by atoms with Crippen LogP contribution in [0.2, 0.25) is 0 Å². The molecule has 1 N–H and O–H groups in total. The van der Waals surface area contributed by atoms with Gasteiger partial charge in [0.05, 0.1) is 0 Å². The molecule has 0 aliphatic heterocycles. The molecule has 1 amide bonds. The summed E-state index contributed by atoms with van der Waals surface area (Å²) in [6.45, 7) is -1.49. The number of benzene rings is 1. The second-order valence-electron chi connectivity index (χ2n) is 4.49. The van der Waals surface area contributed by atoms with Gasteiger partial charge in [-0.1, -0.05) is 12.1 Å². The molecule has 7 heteroatoms. The van der Waals surface area contributed by atoms with E-state index in [0.29, 0.717) is 6.42 Å². The van der Waals surface area contributed by atoms with E-state index < -0.39 is 18.7 Å². The minimum Gasteiger partial charge on any atom is -0.378 e. The summed E-state index contributed by atoms with van der Waals surface area (Å²) in [7, 11) is 3.83. The van der Waals surface area contributed by atoms with Crippen LogP contribution in [0.25, 0.3) is 0 Å². The lowest BCUT2D eigenvalue weighted by Gasteiger charge is -2.12. The zero-order valence-corrected chi connectivity index (χ0v) is 11.3. The fourth-order valence-electron chi connectivity index (χ4n) is 1.47. The van der Waals surface area contributed by atoms with Gasteiger partial charge in [0.15, 0.2) is 6.61 Å². The maximum atomic E-state index is 11.8. The van der Waals surface area contributed by atoms with Crippen LogP contribution in [0.15, 0.2) is 24.3 Å². The lowest BCUT2D eigenvalue weighted by atomic mass is 10.1. The number of amides is 1. The van der Waals surface area contributed by atoms with Crippen molar-refractivity contribution >= 4 is 11.6 Å². The Hall–Kier alpha value is -1.76. The number of halogens is 3. The molecule has 1 aromatic carbocycles. The Labute approximate surface area is 115 Å². The van der Waals surface area contributed by atoms with E-state index in [1.54, 1.807) is 5.48 Å². The molecule has 20 heavy (non-hydrogen) atoms. The minimum absolute atomic E-state index is 0.0686. The minimum atomic E-state index is -4.45. The maximum absolute atomic E-state index is 11.8. The zero-order chi connectivity index (χ0) is 15.2. The lowest BCUT2D eigenvalue weighted by Crippen LogP contribution is -2.29. The molecule has 0 spiro atoms. The highest BCUT2D eigenvalue weighted by molar-refractivity contribution is 5.75. The van der Waals surface area contributed by atoms with Crippen LogP contribution in [0.1, 0.15) is 12.0 Å². The van der Waals surface area contributed by atoms with E-state index in [2.05, 4.69) is 4.84 Å². The van der Waals surface area contributed by atoms with E-state index in [1.807, 2.05) is 43.3 Å². The van der Waals surface area contributed by atoms with Crippen LogP contribution >= 0.6 is 0 Å². The van der Waals surface area contributed by atoms with Crippen molar-refractivity contribution in [2.24, 2.45) is 0 Å². The van der Waals surface area contributed by atoms with E-state index in [9.17, 15) is 18.0 Å². The van der Waals surface area contributed by atoms with Crippen LogP contribution in [0.4, 0.5) is 18.9 Å². The molecule has 1 aromatic rings. The Kier molecular flexibility index (Phi) is 5.82. The predicted octanol–water partition coefficient (Wildman–Crippen LogP) is 2.30. The number of carbonyl (C=O) groups excluding carboxylic acids is 1. The van der Waals surface area contributed by atoms with Crippen molar-refractivity contribution < 1.29 is 22.8 Å². The quantitative estimate of drug-likeness (QED) is 0.817. The van der Waals surface area contributed by atoms with E-state index in [-0.39, 0.29) is 6.42 Å². The zero-order valence-electron chi connectivity index (χ0n) is 11.3. The summed E-state index contributed by atoms with van der Waals surface area (Å²) in [5, 5.41) is 0. The summed E-state index contributed by atoms with van der Waals surface area (Å²) in [5.74, 6) is -0.578. The second kappa shape index (κ2) is 7.14. The lowest BCUT2D eigenvalue weighted by molar-refractivity contribution is -0.191. The van der Waals surface area contributed by atoms with Crippen LogP contribution in [0.3, 0.4) is 0 Å². The molecule has 4 nitrogen and oxygen atoms in total. The number of hydrogen-bond acceptors (Lipinski definition) is 3. The van der Waals surface area contributed by atoms with Crippen molar-refractivity contribution in [3.05, 3.63) is 29.8 Å². The molecule has 0 saturated heterocycles. The van der Waals surface area contributed by atoms with Gasteiger partial charge in [-0.15, -0.1) is 0 Å². The SMILES string of the molecule is CN(C)c1ccc(CCC(=O)NOCC(F)(F)F)cc1. The number of nitrogens with one attached hydrogen (secondary N) is 1. The van der Waals surface area contributed by atoms with Gasteiger partial charge in [-0.3, -0.25) is 9.63 Å². The molecule has 0 atom stereocenters. The number of rotatable bonds is 6.